The van der Waals surface area contributed by atoms with Crippen LogP contribution in [0, 0.1) is 23.2 Å². The van der Waals surface area contributed by atoms with E-state index in [1.165, 1.54) is 0 Å². The Morgan fingerprint density at radius 3 is 2.86 bits per heavy atom. The van der Waals surface area contributed by atoms with E-state index in [0.717, 1.165) is 25.7 Å². The fourth-order valence-electron chi connectivity index (χ4n) is 2.03. The lowest BCUT2D eigenvalue weighted by molar-refractivity contribution is -0.128. The molecule has 1 rings (SSSR count). The summed E-state index contributed by atoms with van der Waals surface area (Å²) in [5.41, 5.74) is 0. The molecule has 0 bridgehead atoms. The van der Waals surface area contributed by atoms with Crippen LogP contribution in [0.3, 0.4) is 0 Å². The Morgan fingerprint density at radius 1 is 1.50 bits per heavy atom. The predicted octanol–water partition coefficient (Wildman–Crippen LogP) is 0.425. The van der Waals surface area contributed by atoms with Gasteiger partial charge in [0.2, 0.25) is 5.91 Å². The summed E-state index contributed by atoms with van der Waals surface area (Å²) in [7, 11) is 0. The lowest BCUT2D eigenvalue weighted by atomic mass is 9.79. The third kappa shape index (κ3) is 2.71. The molecule has 1 aliphatic carbocycles. The van der Waals surface area contributed by atoms with Gasteiger partial charge in [0.1, 0.15) is 6.54 Å². The van der Waals surface area contributed by atoms with Crippen LogP contribution in [0.2, 0.25) is 0 Å². The largest absolute Gasteiger partial charge is 0.396 e. The summed E-state index contributed by atoms with van der Waals surface area (Å²) in [5, 5.41) is 20.0. The van der Waals surface area contributed by atoms with E-state index >= 15 is 0 Å². The summed E-state index contributed by atoms with van der Waals surface area (Å²) < 4.78 is 0. The first-order chi connectivity index (χ1) is 6.79. The number of carbonyl (C=O) groups excluding carboxylic acids is 1. The molecule has 1 fully saturated rings. The van der Waals surface area contributed by atoms with Gasteiger partial charge in [0.05, 0.1) is 6.07 Å². The molecule has 1 amide bonds. The quantitative estimate of drug-likeness (QED) is 0.643. The fraction of sp³-hybridized carbons (Fsp3) is 0.800. The Kier molecular flexibility index (Phi) is 4.41. The van der Waals surface area contributed by atoms with Crippen LogP contribution >= 0.6 is 0 Å². The number of hydrogen-bond acceptors (Lipinski definition) is 3. The second kappa shape index (κ2) is 5.61. The highest BCUT2D eigenvalue weighted by Gasteiger charge is 2.29. The smallest absolute Gasteiger partial charge is 0.224 e. The zero-order chi connectivity index (χ0) is 10.4. The number of hydrogen-bond donors (Lipinski definition) is 2. The molecule has 4 heteroatoms. The molecule has 4 nitrogen and oxygen atoms in total. The zero-order valence-corrected chi connectivity index (χ0v) is 8.20. The maximum atomic E-state index is 11.6. The number of nitriles is 1. The van der Waals surface area contributed by atoms with E-state index in [0.29, 0.717) is 0 Å². The van der Waals surface area contributed by atoms with Crippen molar-refractivity contribution in [3.8, 4) is 6.07 Å². The van der Waals surface area contributed by atoms with Crippen molar-refractivity contribution in [2.24, 2.45) is 11.8 Å². The van der Waals surface area contributed by atoms with Gasteiger partial charge >= 0.3 is 0 Å². The van der Waals surface area contributed by atoms with Gasteiger partial charge in [0, 0.05) is 12.5 Å². The number of aliphatic hydroxyl groups excluding tert-OH is 1. The number of amides is 1. The number of aliphatic hydroxyl groups is 1. The molecule has 0 aromatic rings. The number of rotatable bonds is 3. The average molecular weight is 196 g/mol. The van der Waals surface area contributed by atoms with Gasteiger partial charge in [-0.25, -0.2) is 0 Å². The Morgan fingerprint density at radius 2 is 2.21 bits per heavy atom. The van der Waals surface area contributed by atoms with E-state index in [2.05, 4.69) is 5.32 Å². The first-order valence-corrected chi connectivity index (χ1v) is 5.05. The molecule has 0 aromatic heterocycles. The van der Waals surface area contributed by atoms with Crippen LogP contribution < -0.4 is 5.32 Å². The number of nitrogens with zero attached hydrogens (tertiary/aromatic N) is 1. The van der Waals surface area contributed by atoms with Gasteiger partial charge in [-0.3, -0.25) is 4.79 Å². The molecular formula is C10H16N2O2. The number of nitrogens with one attached hydrogen (secondary N) is 1. The van der Waals surface area contributed by atoms with Gasteiger partial charge in [-0.15, -0.1) is 0 Å². The minimum absolute atomic E-state index is 0.0630. The first kappa shape index (κ1) is 11.0. The molecule has 0 aliphatic heterocycles. The van der Waals surface area contributed by atoms with E-state index < -0.39 is 0 Å². The highest BCUT2D eigenvalue weighted by atomic mass is 16.3. The maximum absolute atomic E-state index is 11.6. The van der Waals surface area contributed by atoms with E-state index in [9.17, 15) is 4.79 Å². The van der Waals surface area contributed by atoms with Crippen molar-refractivity contribution < 1.29 is 9.90 Å². The van der Waals surface area contributed by atoms with Crippen molar-refractivity contribution in [3.05, 3.63) is 0 Å². The second-order valence-corrected chi connectivity index (χ2v) is 3.71. The first-order valence-electron chi connectivity index (χ1n) is 5.05. The summed E-state index contributed by atoms with van der Waals surface area (Å²) in [4.78, 5) is 11.6. The van der Waals surface area contributed by atoms with Crippen molar-refractivity contribution in [2.75, 3.05) is 13.2 Å². The van der Waals surface area contributed by atoms with E-state index in [4.69, 9.17) is 10.4 Å². The predicted molar refractivity (Wildman–Crippen MR) is 51.2 cm³/mol. The van der Waals surface area contributed by atoms with Crippen molar-refractivity contribution in [2.45, 2.75) is 25.7 Å². The topological polar surface area (TPSA) is 73.1 Å². The lowest BCUT2D eigenvalue weighted by Crippen LogP contribution is -2.38. The highest BCUT2D eigenvalue weighted by Crippen LogP contribution is 2.29. The average Bonchev–Trinajstić information content (AvgIpc) is 2.25. The van der Waals surface area contributed by atoms with Crippen LogP contribution in [0.5, 0.6) is 0 Å². The third-order valence-corrected chi connectivity index (χ3v) is 2.82. The Bertz CT molecular complexity index is 235. The normalized spacial score (nSPS) is 26.6. The van der Waals surface area contributed by atoms with Gasteiger partial charge in [0.15, 0.2) is 0 Å². The standard InChI is InChI=1S/C10H16N2O2/c11-5-6-12-10(14)9-4-2-1-3-8(9)7-13/h8-9,13H,1-4,6-7H2,(H,12,14)/t8-,9+/m1/s1. The molecule has 0 unspecified atom stereocenters. The van der Waals surface area contributed by atoms with Gasteiger partial charge in [-0.1, -0.05) is 12.8 Å². The van der Waals surface area contributed by atoms with Gasteiger partial charge < -0.3 is 10.4 Å². The molecule has 1 saturated carbocycles. The minimum atomic E-state index is -0.0953. The molecule has 2 atom stereocenters. The molecule has 1 aliphatic rings. The third-order valence-electron chi connectivity index (χ3n) is 2.82. The lowest BCUT2D eigenvalue weighted by Gasteiger charge is -2.28. The fourth-order valence-corrected chi connectivity index (χ4v) is 2.03. The minimum Gasteiger partial charge on any atom is -0.396 e. The van der Waals surface area contributed by atoms with Gasteiger partial charge in [0.25, 0.3) is 0 Å². The van der Waals surface area contributed by atoms with Gasteiger partial charge in [-0.05, 0) is 18.8 Å². The molecule has 0 radical (unpaired) electrons. The van der Waals surface area contributed by atoms with Crippen LogP contribution in [-0.2, 0) is 4.79 Å². The Labute approximate surface area is 83.9 Å². The second-order valence-electron chi connectivity index (χ2n) is 3.71. The van der Waals surface area contributed by atoms with E-state index in [1.807, 2.05) is 6.07 Å². The van der Waals surface area contributed by atoms with E-state index in [-0.39, 0.29) is 30.9 Å². The number of carbonyl (C=O) groups is 1. The monoisotopic (exact) mass is 196 g/mol. The van der Waals surface area contributed by atoms with Crippen LogP contribution in [0.15, 0.2) is 0 Å². The molecule has 0 saturated heterocycles. The summed E-state index contributed by atoms with van der Waals surface area (Å²) in [6, 6.07) is 1.88. The van der Waals surface area contributed by atoms with Crippen LogP contribution in [0.4, 0.5) is 0 Å². The molecule has 0 heterocycles. The van der Waals surface area contributed by atoms with Crippen molar-refractivity contribution in [3.63, 3.8) is 0 Å². The molecule has 0 aromatic carbocycles. The highest BCUT2D eigenvalue weighted by molar-refractivity contribution is 5.79. The summed E-state index contributed by atoms with van der Waals surface area (Å²) in [6.07, 6.45) is 3.89. The Hall–Kier alpha value is -1.08. The molecule has 78 valence electrons. The summed E-state index contributed by atoms with van der Waals surface area (Å²) in [5.74, 6) is -0.0881. The van der Waals surface area contributed by atoms with Crippen molar-refractivity contribution >= 4 is 5.91 Å². The molecular weight excluding hydrogens is 180 g/mol. The van der Waals surface area contributed by atoms with Gasteiger partial charge in [-0.2, -0.15) is 5.26 Å². The molecule has 0 spiro atoms. The maximum Gasteiger partial charge on any atom is 0.224 e. The molecule has 14 heavy (non-hydrogen) atoms. The zero-order valence-electron chi connectivity index (χ0n) is 8.20. The van der Waals surface area contributed by atoms with Crippen LogP contribution in [0.25, 0.3) is 0 Å². The summed E-state index contributed by atoms with van der Waals surface area (Å²) in [6.45, 7) is 0.137. The summed E-state index contributed by atoms with van der Waals surface area (Å²) >= 11 is 0. The molecule has 2 N–H and O–H groups in total. The van der Waals surface area contributed by atoms with E-state index in [1.54, 1.807) is 0 Å². The van der Waals surface area contributed by atoms with Crippen LogP contribution in [-0.4, -0.2) is 24.2 Å². The SMILES string of the molecule is N#CCNC(=O)[C@H]1CCCC[C@@H]1CO. The van der Waals surface area contributed by atoms with Crippen molar-refractivity contribution in [1.29, 1.82) is 5.26 Å². The van der Waals surface area contributed by atoms with Crippen LogP contribution in [0.1, 0.15) is 25.7 Å². The Balaban J connectivity index is 2.46. The van der Waals surface area contributed by atoms with Crippen molar-refractivity contribution in [1.82, 2.24) is 5.32 Å².